The summed E-state index contributed by atoms with van der Waals surface area (Å²) in [7, 11) is 0. The molecule has 1 amide bonds. The summed E-state index contributed by atoms with van der Waals surface area (Å²) in [5.74, 6) is -0.559. The number of amides is 1. The van der Waals surface area contributed by atoms with Gasteiger partial charge in [-0.05, 0) is 17.7 Å². The van der Waals surface area contributed by atoms with Crippen LogP contribution in [0.3, 0.4) is 0 Å². The minimum absolute atomic E-state index is 0.0355. The SMILES string of the molecule is N#CCSCC(=O)Nc1ccc(CC(=O)O)cc1. The van der Waals surface area contributed by atoms with Crippen molar-refractivity contribution in [2.75, 3.05) is 16.8 Å². The van der Waals surface area contributed by atoms with Crippen LogP contribution < -0.4 is 5.32 Å². The van der Waals surface area contributed by atoms with Crippen molar-refractivity contribution < 1.29 is 14.7 Å². The molecule has 94 valence electrons. The number of nitrogens with zero attached hydrogens (tertiary/aromatic N) is 1. The van der Waals surface area contributed by atoms with Gasteiger partial charge in [0.25, 0.3) is 0 Å². The van der Waals surface area contributed by atoms with E-state index in [9.17, 15) is 9.59 Å². The fourth-order valence-electron chi connectivity index (χ4n) is 1.27. The minimum Gasteiger partial charge on any atom is -0.481 e. The number of aliphatic carboxylic acids is 1. The maximum Gasteiger partial charge on any atom is 0.307 e. The van der Waals surface area contributed by atoms with E-state index in [1.165, 1.54) is 11.8 Å². The van der Waals surface area contributed by atoms with Crippen LogP contribution in [0.1, 0.15) is 5.56 Å². The van der Waals surface area contributed by atoms with E-state index in [0.29, 0.717) is 11.3 Å². The van der Waals surface area contributed by atoms with Gasteiger partial charge in [-0.3, -0.25) is 9.59 Å². The molecule has 5 nitrogen and oxygen atoms in total. The van der Waals surface area contributed by atoms with E-state index in [1.807, 2.05) is 6.07 Å². The Kier molecular flexibility index (Phi) is 5.74. The molecule has 2 N–H and O–H groups in total. The summed E-state index contributed by atoms with van der Waals surface area (Å²) in [6.45, 7) is 0. The van der Waals surface area contributed by atoms with Crippen LogP contribution in [-0.2, 0) is 16.0 Å². The topological polar surface area (TPSA) is 90.2 Å². The van der Waals surface area contributed by atoms with Crippen LogP contribution in [0.25, 0.3) is 0 Å². The van der Waals surface area contributed by atoms with Crippen molar-refractivity contribution in [3.8, 4) is 6.07 Å². The number of anilines is 1. The molecule has 0 unspecified atom stereocenters. The highest BCUT2D eigenvalue weighted by molar-refractivity contribution is 8.00. The first-order valence-electron chi connectivity index (χ1n) is 5.17. The van der Waals surface area contributed by atoms with Crippen LogP contribution in [0.15, 0.2) is 24.3 Å². The van der Waals surface area contributed by atoms with Gasteiger partial charge >= 0.3 is 5.97 Å². The molecule has 0 saturated heterocycles. The van der Waals surface area contributed by atoms with Gasteiger partial charge in [0.05, 0.1) is 24.0 Å². The van der Waals surface area contributed by atoms with Gasteiger partial charge in [-0.2, -0.15) is 5.26 Å². The Morgan fingerprint density at radius 2 is 2.00 bits per heavy atom. The monoisotopic (exact) mass is 264 g/mol. The first-order valence-corrected chi connectivity index (χ1v) is 6.32. The Balaban J connectivity index is 2.46. The fourth-order valence-corrected chi connectivity index (χ4v) is 1.72. The van der Waals surface area contributed by atoms with Crippen LogP contribution in [0.4, 0.5) is 5.69 Å². The molecule has 0 aliphatic heterocycles. The maximum absolute atomic E-state index is 11.4. The van der Waals surface area contributed by atoms with E-state index < -0.39 is 5.97 Å². The number of rotatable bonds is 6. The molecule has 0 fully saturated rings. The normalized spacial score (nSPS) is 9.50. The van der Waals surface area contributed by atoms with Gasteiger partial charge in [0, 0.05) is 5.69 Å². The molecule has 0 saturated carbocycles. The lowest BCUT2D eigenvalue weighted by Gasteiger charge is -2.05. The van der Waals surface area contributed by atoms with Crippen LogP contribution in [0.2, 0.25) is 0 Å². The number of thioether (sulfide) groups is 1. The molecule has 1 rings (SSSR count). The van der Waals surface area contributed by atoms with Gasteiger partial charge in [-0.15, -0.1) is 11.8 Å². The third kappa shape index (κ3) is 5.37. The summed E-state index contributed by atoms with van der Waals surface area (Å²) in [4.78, 5) is 21.9. The smallest absolute Gasteiger partial charge is 0.307 e. The zero-order chi connectivity index (χ0) is 13.4. The number of hydrogen-bond acceptors (Lipinski definition) is 4. The van der Waals surface area contributed by atoms with Crippen molar-refractivity contribution in [1.29, 1.82) is 5.26 Å². The highest BCUT2D eigenvalue weighted by Crippen LogP contribution is 2.11. The Bertz CT molecular complexity index is 465. The second kappa shape index (κ2) is 7.35. The number of carboxylic acid groups (broad SMARTS) is 1. The van der Waals surface area contributed by atoms with E-state index in [4.69, 9.17) is 10.4 Å². The molecule has 0 atom stereocenters. The lowest BCUT2D eigenvalue weighted by molar-refractivity contribution is -0.136. The average molecular weight is 264 g/mol. The fraction of sp³-hybridized carbons (Fsp3) is 0.250. The van der Waals surface area contributed by atoms with Crippen LogP contribution in [0.5, 0.6) is 0 Å². The molecule has 1 aromatic rings. The number of nitriles is 1. The Hall–Kier alpha value is -2.00. The third-order valence-electron chi connectivity index (χ3n) is 1.99. The lowest BCUT2D eigenvalue weighted by Crippen LogP contribution is -2.14. The number of benzene rings is 1. The van der Waals surface area contributed by atoms with Gasteiger partial charge in [0.1, 0.15) is 0 Å². The van der Waals surface area contributed by atoms with Crippen molar-refractivity contribution in [1.82, 2.24) is 0 Å². The molecule has 1 aromatic carbocycles. The van der Waals surface area contributed by atoms with Gasteiger partial charge in [0.15, 0.2) is 0 Å². The van der Waals surface area contributed by atoms with Crippen LogP contribution >= 0.6 is 11.8 Å². The number of hydrogen-bond donors (Lipinski definition) is 2. The van der Waals surface area contributed by atoms with Crippen molar-refractivity contribution >= 4 is 29.3 Å². The van der Waals surface area contributed by atoms with Gasteiger partial charge in [-0.1, -0.05) is 12.1 Å². The largest absolute Gasteiger partial charge is 0.481 e. The van der Waals surface area contributed by atoms with Crippen molar-refractivity contribution in [2.45, 2.75) is 6.42 Å². The van der Waals surface area contributed by atoms with Crippen molar-refractivity contribution in [3.05, 3.63) is 29.8 Å². The molecule has 0 radical (unpaired) electrons. The molecular formula is C12H12N2O3S. The van der Waals surface area contributed by atoms with E-state index in [0.717, 1.165) is 0 Å². The Labute approximate surface area is 109 Å². The summed E-state index contributed by atoms with van der Waals surface area (Å²) in [6.07, 6.45) is -0.0355. The Morgan fingerprint density at radius 1 is 1.33 bits per heavy atom. The minimum atomic E-state index is -0.889. The van der Waals surface area contributed by atoms with Crippen LogP contribution in [-0.4, -0.2) is 28.5 Å². The maximum atomic E-state index is 11.4. The number of carbonyl (C=O) groups is 2. The third-order valence-corrected chi connectivity index (χ3v) is 2.79. The highest BCUT2D eigenvalue weighted by Gasteiger charge is 2.03. The van der Waals surface area contributed by atoms with Crippen LogP contribution in [0, 0.1) is 11.3 Å². The van der Waals surface area contributed by atoms with Gasteiger partial charge in [-0.25, -0.2) is 0 Å². The predicted octanol–water partition coefficient (Wildman–Crippen LogP) is 1.51. The standard InChI is InChI=1S/C12H12N2O3S/c13-5-6-18-8-11(15)14-10-3-1-9(2-4-10)7-12(16)17/h1-4H,6-8H2,(H,14,15)(H,16,17). The summed E-state index contributed by atoms with van der Waals surface area (Å²) in [5.41, 5.74) is 1.30. The molecule has 0 bridgehead atoms. The van der Waals surface area contributed by atoms with Gasteiger partial charge in [0.2, 0.25) is 5.91 Å². The molecule has 6 heteroatoms. The number of nitrogens with one attached hydrogen (secondary N) is 1. The number of carbonyl (C=O) groups excluding carboxylic acids is 1. The zero-order valence-electron chi connectivity index (χ0n) is 9.55. The molecule has 18 heavy (non-hydrogen) atoms. The molecule has 0 aliphatic rings. The molecule has 0 spiro atoms. The highest BCUT2D eigenvalue weighted by atomic mass is 32.2. The molecular weight excluding hydrogens is 252 g/mol. The van der Waals surface area contributed by atoms with E-state index >= 15 is 0 Å². The average Bonchev–Trinajstić information content (AvgIpc) is 2.31. The molecule has 0 aromatic heterocycles. The first-order chi connectivity index (χ1) is 8.61. The van der Waals surface area contributed by atoms with Crippen molar-refractivity contribution in [3.63, 3.8) is 0 Å². The summed E-state index contributed by atoms with van der Waals surface area (Å²) in [5, 5.41) is 19.6. The quantitative estimate of drug-likeness (QED) is 0.760. The molecule has 0 aliphatic carbocycles. The Morgan fingerprint density at radius 3 is 2.56 bits per heavy atom. The van der Waals surface area contributed by atoms with Gasteiger partial charge < -0.3 is 10.4 Å². The van der Waals surface area contributed by atoms with E-state index in [-0.39, 0.29) is 23.8 Å². The molecule has 0 heterocycles. The summed E-state index contributed by atoms with van der Waals surface area (Å²) < 4.78 is 0. The summed E-state index contributed by atoms with van der Waals surface area (Å²) in [6, 6.07) is 8.57. The van der Waals surface area contributed by atoms with E-state index in [1.54, 1.807) is 24.3 Å². The predicted molar refractivity (Wildman–Crippen MR) is 69.3 cm³/mol. The lowest BCUT2D eigenvalue weighted by atomic mass is 10.1. The number of carboxylic acids is 1. The van der Waals surface area contributed by atoms with E-state index in [2.05, 4.69) is 5.32 Å². The second-order valence-corrected chi connectivity index (χ2v) is 4.45. The first kappa shape index (κ1) is 14.1. The zero-order valence-corrected chi connectivity index (χ0v) is 10.4. The van der Waals surface area contributed by atoms with Crippen molar-refractivity contribution in [2.24, 2.45) is 0 Å². The second-order valence-electron chi connectivity index (χ2n) is 3.47. The summed E-state index contributed by atoms with van der Waals surface area (Å²) >= 11 is 1.24.